The fourth-order valence-electron chi connectivity index (χ4n) is 2.59. The van der Waals surface area contributed by atoms with Crippen LogP contribution >= 0.6 is 11.5 Å². The number of aromatic nitrogens is 2. The molecule has 1 amide bonds. The number of rotatable bonds is 7. The van der Waals surface area contributed by atoms with Crippen LogP contribution in [0, 0.1) is 0 Å². The number of benzene rings is 2. The van der Waals surface area contributed by atoms with Crippen LogP contribution in [0.5, 0.6) is 0 Å². The van der Waals surface area contributed by atoms with Crippen LogP contribution < -0.4 is 0 Å². The van der Waals surface area contributed by atoms with Gasteiger partial charge in [-0.25, -0.2) is 0 Å². The third-order valence-corrected chi connectivity index (χ3v) is 4.32. The monoisotopic (exact) mass is 337 g/mol. The van der Waals surface area contributed by atoms with Crippen LogP contribution in [0.2, 0.25) is 0 Å². The second kappa shape index (κ2) is 8.36. The molecule has 1 aromatic heterocycles. The Hall–Kier alpha value is -2.53. The SMILES string of the molecule is O=C(c1csnn1)N(CCCc1ccccc1)Cc1ccccc1. The van der Waals surface area contributed by atoms with E-state index in [0.29, 0.717) is 18.8 Å². The molecule has 0 aliphatic rings. The Morgan fingerprint density at radius 2 is 1.62 bits per heavy atom. The number of carbonyl (C=O) groups is 1. The normalized spacial score (nSPS) is 10.5. The van der Waals surface area contributed by atoms with E-state index < -0.39 is 0 Å². The summed E-state index contributed by atoms with van der Waals surface area (Å²) in [5.74, 6) is -0.0549. The van der Waals surface area contributed by atoms with Gasteiger partial charge in [-0.3, -0.25) is 4.79 Å². The maximum Gasteiger partial charge on any atom is 0.275 e. The van der Waals surface area contributed by atoms with Crippen LogP contribution in [0.25, 0.3) is 0 Å². The zero-order valence-corrected chi connectivity index (χ0v) is 14.2. The van der Waals surface area contributed by atoms with Crippen LogP contribution in [-0.4, -0.2) is 26.9 Å². The maximum atomic E-state index is 12.7. The van der Waals surface area contributed by atoms with Crippen molar-refractivity contribution in [3.05, 3.63) is 82.9 Å². The molecule has 0 saturated carbocycles. The van der Waals surface area contributed by atoms with Crippen molar-refractivity contribution in [1.82, 2.24) is 14.5 Å². The van der Waals surface area contributed by atoms with Crippen LogP contribution in [0.15, 0.2) is 66.0 Å². The molecule has 4 nitrogen and oxygen atoms in total. The van der Waals surface area contributed by atoms with E-state index in [9.17, 15) is 4.79 Å². The summed E-state index contributed by atoms with van der Waals surface area (Å²) in [5.41, 5.74) is 2.84. The molecule has 0 radical (unpaired) electrons. The van der Waals surface area contributed by atoms with Gasteiger partial charge in [-0.2, -0.15) is 0 Å². The minimum absolute atomic E-state index is 0.0549. The van der Waals surface area contributed by atoms with E-state index in [1.54, 1.807) is 5.38 Å². The molecule has 0 atom stereocenters. The molecule has 3 rings (SSSR count). The van der Waals surface area contributed by atoms with E-state index in [2.05, 4.69) is 21.7 Å². The molecule has 0 unspecified atom stereocenters. The van der Waals surface area contributed by atoms with Crippen molar-refractivity contribution in [3.8, 4) is 0 Å². The first-order valence-electron chi connectivity index (χ1n) is 7.97. The smallest absolute Gasteiger partial charge is 0.275 e. The van der Waals surface area contributed by atoms with Gasteiger partial charge in [0.15, 0.2) is 5.69 Å². The first kappa shape index (κ1) is 16.3. The Kier molecular flexibility index (Phi) is 5.69. The minimum Gasteiger partial charge on any atom is -0.333 e. The molecule has 0 fully saturated rings. The molecule has 0 aliphatic heterocycles. The Labute approximate surface area is 145 Å². The van der Waals surface area contributed by atoms with Crippen molar-refractivity contribution in [2.45, 2.75) is 19.4 Å². The van der Waals surface area contributed by atoms with Gasteiger partial charge in [0.2, 0.25) is 0 Å². The van der Waals surface area contributed by atoms with Gasteiger partial charge in [0, 0.05) is 18.5 Å². The number of hydrogen-bond acceptors (Lipinski definition) is 4. The molecule has 3 aromatic rings. The lowest BCUT2D eigenvalue weighted by Crippen LogP contribution is -2.32. The number of carbonyl (C=O) groups excluding carboxylic acids is 1. The topological polar surface area (TPSA) is 46.1 Å². The molecule has 0 saturated heterocycles. The van der Waals surface area contributed by atoms with Crippen molar-refractivity contribution in [3.63, 3.8) is 0 Å². The molecular formula is C19H19N3OS. The third-order valence-electron chi connectivity index (χ3n) is 3.82. The molecule has 0 N–H and O–H groups in total. The van der Waals surface area contributed by atoms with E-state index in [0.717, 1.165) is 18.4 Å². The Bertz CT molecular complexity index is 745. The number of aryl methyl sites for hydroxylation is 1. The first-order valence-corrected chi connectivity index (χ1v) is 8.81. The van der Waals surface area contributed by atoms with Crippen LogP contribution in [0.1, 0.15) is 28.0 Å². The maximum absolute atomic E-state index is 12.7. The highest BCUT2D eigenvalue weighted by Gasteiger charge is 2.18. The third kappa shape index (κ3) is 4.49. The summed E-state index contributed by atoms with van der Waals surface area (Å²) >= 11 is 1.20. The fourth-order valence-corrected chi connectivity index (χ4v) is 3.02. The van der Waals surface area contributed by atoms with Gasteiger partial charge in [0.1, 0.15) is 0 Å². The van der Waals surface area contributed by atoms with E-state index >= 15 is 0 Å². The van der Waals surface area contributed by atoms with Gasteiger partial charge in [-0.15, -0.1) is 5.10 Å². The molecule has 0 aliphatic carbocycles. The number of amides is 1. The van der Waals surface area contributed by atoms with E-state index in [1.165, 1.54) is 17.1 Å². The predicted octanol–water partition coefficient (Wildman–Crippen LogP) is 3.81. The fraction of sp³-hybridized carbons (Fsp3) is 0.211. The minimum atomic E-state index is -0.0549. The molecule has 1 heterocycles. The van der Waals surface area contributed by atoms with Crippen molar-refractivity contribution in [2.75, 3.05) is 6.54 Å². The average molecular weight is 337 g/mol. The quantitative estimate of drug-likeness (QED) is 0.658. The zero-order chi connectivity index (χ0) is 16.6. The molecule has 0 spiro atoms. The van der Waals surface area contributed by atoms with E-state index in [4.69, 9.17) is 0 Å². The van der Waals surface area contributed by atoms with Gasteiger partial charge in [-0.05, 0) is 35.5 Å². The Balaban J connectivity index is 1.66. The zero-order valence-electron chi connectivity index (χ0n) is 13.3. The van der Waals surface area contributed by atoms with Crippen LogP contribution in [0.3, 0.4) is 0 Å². The Morgan fingerprint density at radius 1 is 0.958 bits per heavy atom. The summed E-state index contributed by atoms with van der Waals surface area (Å²) in [6, 6.07) is 20.4. The van der Waals surface area contributed by atoms with Gasteiger partial charge < -0.3 is 4.90 Å². The number of nitrogens with zero attached hydrogens (tertiary/aromatic N) is 3. The molecule has 2 aromatic carbocycles. The lowest BCUT2D eigenvalue weighted by atomic mass is 10.1. The highest BCUT2D eigenvalue weighted by Crippen LogP contribution is 2.12. The molecule has 122 valence electrons. The highest BCUT2D eigenvalue weighted by atomic mass is 32.1. The molecular weight excluding hydrogens is 318 g/mol. The number of hydrogen-bond donors (Lipinski definition) is 0. The summed E-state index contributed by atoms with van der Waals surface area (Å²) in [6.45, 7) is 1.28. The van der Waals surface area contributed by atoms with E-state index in [-0.39, 0.29) is 5.91 Å². The van der Waals surface area contributed by atoms with E-state index in [1.807, 2.05) is 53.4 Å². The van der Waals surface area contributed by atoms with Gasteiger partial charge in [0.25, 0.3) is 5.91 Å². The van der Waals surface area contributed by atoms with Crippen molar-refractivity contribution in [2.24, 2.45) is 0 Å². The summed E-state index contributed by atoms with van der Waals surface area (Å²) in [5, 5.41) is 5.63. The van der Waals surface area contributed by atoms with Crippen molar-refractivity contribution >= 4 is 17.4 Å². The van der Waals surface area contributed by atoms with Crippen LogP contribution in [0.4, 0.5) is 0 Å². The summed E-state index contributed by atoms with van der Waals surface area (Å²) in [6.07, 6.45) is 1.87. The Morgan fingerprint density at radius 3 is 2.25 bits per heavy atom. The summed E-state index contributed by atoms with van der Waals surface area (Å²) < 4.78 is 3.80. The second-order valence-corrected chi connectivity index (χ2v) is 6.20. The molecule has 24 heavy (non-hydrogen) atoms. The largest absolute Gasteiger partial charge is 0.333 e. The average Bonchev–Trinajstić information content (AvgIpc) is 3.17. The van der Waals surface area contributed by atoms with Crippen molar-refractivity contribution < 1.29 is 4.79 Å². The second-order valence-electron chi connectivity index (χ2n) is 5.59. The van der Waals surface area contributed by atoms with Gasteiger partial charge in [-0.1, -0.05) is 65.2 Å². The lowest BCUT2D eigenvalue weighted by Gasteiger charge is -2.22. The summed E-state index contributed by atoms with van der Waals surface area (Å²) in [7, 11) is 0. The first-order chi connectivity index (χ1) is 11.8. The summed E-state index contributed by atoms with van der Waals surface area (Å²) in [4.78, 5) is 14.5. The standard InChI is InChI=1S/C19H19N3OS/c23-19(18-15-24-21-20-18)22(14-17-10-5-2-6-11-17)13-7-12-16-8-3-1-4-9-16/h1-6,8-11,15H,7,12-14H2. The van der Waals surface area contributed by atoms with Crippen LogP contribution in [-0.2, 0) is 13.0 Å². The molecule has 5 heteroatoms. The van der Waals surface area contributed by atoms with Gasteiger partial charge >= 0.3 is 0 Å². The molecule has 0 bridgehead atoms. The highest BCUT2D eigenvalue weighted by molar-refractivity contribution is 7.03. The van der Waals surface area contributed by atoms with Gasteiger partial charge in [0.05, 0.1) is 0 Å². The predicted molar refractivity (Wildman–Crippen MR) is 95.9 cm³/mol. The lowest BCUT2D eigenvalue weighted by molar-refractivity contribution is 0.0735. The van der Waals surface area contributed by atoms with Crippen molar-refractivity contribution in [1.29, 1.82) is 0 Å².